The molecule has 1 aromatic heterocycles. The molecule has 0 fully saturated rings. The van der Waals surface area contributed by atoms with Crippen molar-refractivity contribution < 1.29 is 0 Å². The van der Waals surface area contributed by atoms with Crippen LogP contribution in [-0.4, -0.2) is 4.57 Å². The molecule has 0 radical (unpaired) electrons. The topological polar surface area (TPSA) is 8.17 Å². The van der Waals surface area contributed by atoms with E-state index in [1.165, 1.54) is 82.3 Å². The normalized spacial score (nSPS) is 11.4. The number of aromatic nitrogens is 1. The highest BCUT2D eigenvalue weighted by Gasteiger charge is 2.20. The standard InChI is InChI=1S/C62H42N2/c1-3-15-43(16-4-1)45-29-33-52(34-30-45)63(54-37-38-55(46-18-5-2-6-19-46)58(42-54)51-28-27-44-17-7-8-20-48(44)39-51)53-35-31-47(32-36-53)56-23-11-13-25-60(56)64-61-26-14-12-24-57(61)59-40-49-21-9-10-22-50(49)41-62(59)64/h1-42H. The molecular weight excluding hydrogens is 773 g/mol. The van der Waals surface area contributed by atoms with E-state index >= 15 is 0 Å². The zero-order chi connectivity index (χ0) is 42.4. The monoisotopic (exact) mass is 814 g/mol. The molecule has 2 heteroatoms. The van der Waals surface area contributed by atoms with Crippen molar-refractivity contribution in [3.8, 4) is 50.2 Å². The number of nitrogens with zero attached hydrogens (tertiary/aromatic N) is 2. The highest BCUT2D eigenvalue weighted by molar-refractivity contribution is 6.14. The van der Waals surface area contributed by atoms with Gasteiger partial charge in [0, 0.05) is 33.4 Å². The van der Waals surface area contributed by atoms with E-state index in [2.05, 4.69) is 264 Å². The van der Waals surface area contributed by atoms with Gasteiger partial charge in [-0.25, -0.2) is 0 Å². The summed E-state index contributed by atoms with van der Waals surface area (Å²) in [5.41, 5.74) is 16.3. The average Bonchev–Trinajstić information content (AvgIpc) is 3.69. The van der Waals surface area contributed by atoms with Gasteiger partial charge < -0.3 is 9.47 Å². The molecule has 0 N–H and O–H groups in total. The summed E-state index contributed by atoms with van der Waals surface area (Å²) in [6, 6.07) is 92.8. The van der Waals surface area contributed by atoms with Crippen LogP contribution in [0.3, 0.4) is 0 Å². The quantitative estimate of drug-likeness (QED) is 0.148. The van der Waals surface area contributed by atoms with Crippen LogP contribution in [0.4, 0.5) is 17.1 Å². The number of para-hydroxylation sites is 2. The van der Waals surface area contributed by atoms with E-state index in [0.29, 0.717) is 0 Å². The Kier molecular flexibility index (Phi) is 9.20. The molecule has 2 nitrogen and oxygen atoms in total. The molecule has 0 aliphatic carbocycles. The van der Waals surface area contributed by atoms with Crippen molar-refractivity contribution in [3.63, 3.8) is 0 Å². The fraction of sp³-hybridized carbons (Fsp3) is 0. The van der Waals surface area contributed by atoms with E-state index < -0.39 is 0 Å². The van der Waals surface area contributed by atoms with Crippen LogP contribution >= 0.6 is 0 Å². The van der Waals surface area contributed by atoms with Crippen molar-refractivity contribution in [1.82, 2.24) is 4.57 Å². The summed E-state index contributed by atoms with van der Waals surface area (Å²) >= 11 is 0. The summed E-state index contributed by atoms with van der Waals surface area (Å²) < 4.78 is 2.45. The van der Waals surface area contributed by atoms with E-state index in [1.54, 1.807) is 0 Å². The number of hydrogen-bond donors (Lipinski definition) is 0. The Hall–Kier alpha value is -8.46. The lowest BCUT2D eigenvalue weighted by Crippen LogP contribution is -2.10. The number of fused-ring (bicyclic) bond motifs is 5. The van der Waals surface area contributed by atoms with Crippen molar-refractivity contribution in [2.24, 2.45) is 0 Å². The van der Waals surface area contributed by atoms with Crippen molar-refractivity contribution in [2.45, 2.75) is 0 Å². The summed E-state index contributed by atoms with van der Waals surface area (Å²) in [5, 5.41) is 7.46. The molecule has 300 valence electrons. The molecular formula is C62H42N2. The highest BCUT2D eigenvalue weighted by atomic mass is 15.1. The summed E-state index contributed by atoms with van der Waals surface area (Å²) in [5.74, 6) is 0. The van der Waals surface area contributed by atoms with Crippen LogP contribution in [0.15, 0.2) is 255 Å². The van der Waals surface area contributed by atoms with Gasteiger partial charge in [-0.05, 0) is 127 Å². The molecule has 1 heterocycles. The molecule has 12 rings (SSSR count). The van der Waals surface area contributed by atoms with Gasteiger partial charge in [0.2, 0.25) is 0 Å². The number of anilines is 3. The number of hydrogen-bond acceptors (Lipinski definition) is 1. The van der Waals surface area contributed by atoms with Crippen molar-refractivity contribution in [1.29, 1.82) is 0 Å². The highest BCUT2D eigenvalue weighted by Crippen LogP contribution is 2.43. The first-order chi connectivity index (χ1) is 31.7. The molecule has 0 unspecified atom stereocenters. The minimum Gasteiger partial charge on any atom is -0.310 e. The molecule has 0 saturated carbocycles. The molecule has 0 saturated heterocycles. The molecule has 12 aromatic rings. The van der Waals surface area contributed by atoms with Crippen molar-refractivity contribution in [2.75, 3.05) is 4.90 Å². The maximum atomic E-state index is 2.45. The van der Waals surface area contributed by atoms with Crippen LogP contribution < -0.4 is 4.90 Å². The number of benzene rings is 11. The molecule has 64 heavy (non-hydrogen) atoms. The Balaban J connectivity index is 1.01. The largest absolute Gasteiger partial charge is 0.310 e. The van der Waals surface area contributed by atoms with Crippen LogP contribution in [0, 0.1) is 0 Å². The Morgan fingerprint density at radius 2 is 0.766 bits per heavy atom. The van der Waals surface area contributed by atoms with Crippen molar-refractivity contribution in [3.05, 3.63) is 255 Å². The molecule has 0 amide bonds. The van der Waals surface area contributed by atoms with Crippen LogP contribution in [0.1, 0.15) is 0 Å². The van der Waals surface area contributed by atoms with Gasteiger partial charge in [0.1, 0.15) is 0 Å². The number of rotatable bonds is 8. The summed E-state index contributed by atoms with van der Waals surface area (Å²) in [4.78, 5) is 2.39. The maximum absolute atomic E-state index is 2.45. The molecule has 0 spiro atoms. The Morgan fingerprint density at radius 3 is 1.50 bits per heavy atom. The van der Waals surface area contributed by atoms with Gasteiger partial charge in [0.25, 0.3) is 0 Å². The van der Waals surface area contributed by atoms with Gasteiger partial charge in [0.05, 0.1) is 16.7 Å². The van der Waals surface area contributed by atoms with Gasteiger partial charge in [-0.1, -0.05) is 188 Å². The van der Waals surface area contributed by atoms with Crippen LogP contribution in [0.25, 0.3) is 93.5 Å². The second kappa shape index (κ2) is 15.8. The van der Waals surface area contributed by atoms with Crippen LogP contribution in [0.5, 0.6) is 0 Å². The van der Waals surface area contributed by atoms with E-state index in [-0.39, 0.29) is 0 Å². The van der Waals surface area contributed by atoms with Gasteiger partial charge in [0.15, 0.2) is 0 Å². The van der Waals surface area contributed by atoms with Gasteiger partial charge in [-0.15, -0.1) is 0 Å². The van der Waals surface area contributed by atoms with Gasteiger partial charge >= 0.3 is 0 Å². The fourth-order valence-corrected chi connectivity index (χ4v) is 9.63. The predicted octanol–water partition coefficient (Wildman–Crippen LogP) is 17.2. The molecule has 0 bridgehead atoms. The minimum atomic E-state index is 1.08. The third-order valence-electron chi connectivity index (χ3n) is 12.8. The van der Waals surface area contributed by atoms with Gasteiger partial charge in [-0.2, -0.15) is 0 Å². The second-order valence-corrected chi connectivity index (χ2v) is 16.5. The first-order valence-corrected chi connectivity index (χ1v) is 22.0. The smallest absolute Gasteiger partial charge is 0.0547 e. The zero-order valence-electron chi connectivity index (χ0n) is 35.1. The molecule has 0 aliphatic rings. The van der Waals surface area contributed by atoms with Crippen LogP contribution in [-0.2, 0) is 0 Å². The lowest BCUT2D eigenvalue weighted by molar-refractivity contribution is 1.18. The first kappa shape index (κ1) is 37.3. The SMILES string of the molecule is c1ccc(-c2ccc(N(c3ccc(-c4ccccc4-n4c5ccccc5c5cc6ccccc6cc54)cc3)c3ccc(-c4ccccc4)c(-c4ccc5ccccc5c4)c3)cc2)cc1. The molecule has 11 aromatic carbocycles. The maximum Gasteiger partial charge on any atom is 0.0547 e. The van der Waals surface area contributed by atoms with Gasteiger partial charge in [-0.3, -0.25) is 0 Å². The third kappa shape index (κ3) is 6.61. The van der Waals surface area contributed by atoms with Crippen molar-refractivity contribution >= 4 is 60.4 Å². The fourth-order valence-electron chi connectivity index (χ4n) is 9.63. The second-order valence-electron chi connectivity index (χ2n) is 16.5. The predicted molar refractivity (Wildman–Crippen MR) is 272 cm³/mol. The van der Waals surface area contributed by atoms with E-state index in [4.69, 9.17) is 0 Å². The zero-order valence-corrected chi connectivity index (χ0v) is 35.1. The summed E-state index contributed by atoms with van der Waals surface area (Å²) in [6.45, 7) is 0. The Bertz CT molecular complexity index is 3640. The molecule has 0 atom stereocenters. The van der Waals surface area contributed by atoms with E-state index in [1.807, 2.05) is 0 Å². The third-order valence-corrected chi connectivity index (χ3v) is 12.8. The first-order valence-electron chi connectivity index (χ1n) is 22.0. The van der Waals surface area contributed by atoms with Crippen LogP contribution in [0.2, 0.25) is 0 Å². The Morgan fingerprint density at radius 1 is 0.250 bits per heavy atom. The molecule has 0 aliphatic heterocycles. The lowest BCUT2D eigenvalue weighted by Gasteiger charge is -2.27. The Labute approximate surface area is 373 Å². The van der Waals surface area contributed by atoms with E-state index in [9.17, 15) is 0 Å². The summed E-state index contributed by atoms with van der Waals surface area (Å²) in [6.07, 6.45) is 0. The minimum absolute atomic E-state index is 1.08. The summed E-state index contributed by atoms with van der Waals surface area (Å²) in [7, 11) is 0. The lowest BCUT2D eigenvalue weighted by atomic mass is 9.92. The average molecular weight is 815 g/mol. The van der Waals surface area contributed by atoms with E-state index in [0.717, 1.165) is 28.3 Å².